The minimum atomic E-state index is -0.383. The van der Waals surface area contributed by atoms with Crippen molar-refractivity contribution in [2.75, 3.05) is 11.9 Å². The molecule has 0 radical (unpaired) electrons. The molecule has 5 heteroatoms. The van der Waals surface area contributed by atoms with E-state index < -0.39 is 0 Å². The predicted octanol–water partition coefficient (Wildman–Crippen LogP) is 1.05. The highest BCUT2D eigenvalue weighted by Crippen LogP contribution is 2.29. The Labute approximate surface area is 103 Å². The number of rotatable bonds is 3. The van der Waals surface area contributed by atoms with E-state index >= 15 is 0 Å². The highest BCUT2D eigenvalue weighted by Gasteiger charge is 2.20. The first kappa shape index (κ1) is 11.1. The first-order valence-electron chi connectivity index (χ1n) is 6.12. The van der Waals surface area contributed by atoms with Gasteiger partial charge in [0.1, 0.15) is 0 Å². The van der Waals surface area contributed by atoms with Gasteiger partial charge < -0.3 is 10.3 Å². The van der Waals surface area contributed by atoms with Crippen LogP contribution in [0.25, 0.3) is 10.9 Å². The summed E-state index contributed by atoms with van der Waals surface area (Å²) >= 11 is 0. The highest BCUT2D eigenvalue weighted by atomic mass is 16.2. The molecule has 5 nitrogen and oxygen atoms in total. The molecule has 0 spiro atoms. The third kappa shape index (κ3) is 1.92. The van der Waals surface area contributed by atoms with Gasteiger partial charge in [-0.05, 0) is 37.0 Å². The molecule has 1 aromatic carbocycles. The maximum atomic E-state index is 11.9. The van der Waals surface area contributed by atoms with Crippen LogP contribution in [0.3, 0.4) is 0 Å². The van der Waals surface area contributed by atoms with Crippen molar-refractivity contribution in [2.24, 2.45) is 13.0 Å². The molecule has 1 saturated carbocycles. The fraction of sp³-hybridized carbons (Fsp3) is 0.385. The van der Waals surface area contributed by atoms with Crippen molar-refractivity contribution >= 4 is 16.6 Å². The van der Waals surface area contributed by atoms with Crippen LogP contribution in [0.5, 0.6) is 0 Å². The summed E-state index contributed by atoms with van der Waals surface area (Å²) in [5.41, 5.74) is 0.886. The van der Waals surface area contributed by atoms with Crippen molar-refractivity contribution in [3.8, 4) is 0 Å². The Bertz CT molecular complexity index is 710. The van der Waals surface area contributed by atoms with E-state index in [0.29, 0.717) is 10.9 Å². The first-order valence-corrected chi connectivity index (χ1v) is 6.12. The van der Waals surface area contributed by atoms with E-state index in [9.17, 15) is 9.59 Å². The van der Waals surface area contributed by atoms with Crippen LogP contribution in [0.15, 0.2) is 27.8 Å². The molecule has 0 unspecified atom stereocenters. The van der Waals surface area contributed by atoms with Crippen molar-refractivity contribution < 1.29 is 0 Å². The Morgan fingerprint density at radius 1 is 1.39 bits per heavy atom. The Morgan fingerprint density at radius 3 is 2.89 bits per heavy atom. The van der Waals surface area contributed by atoms with Crippen LogP contribution in [0.1, 0.15) is 12.8 Å². The molecule has 1 heterocycles. The Morgan fingerprint density at radius 2 is 2.17 bits per heavy atom. The van der Waals surface area contributed by atoms with E-state index in [0.717, 1.165) is 22.7 Å². The largest absolute Gasteiger partial charge is 0.385 e. The molecule has 0 atom stereocenters. The minimum absolute atomic E-state index is 0.262. The maximum absolute atomic E-state index is 11.9. The summed E-state index contributed by atoms with van der Waals surface area (Å²) in [5, 5.41) is 3.86. The first-order chi connectivity index (χ1) is 8.65. The van der Waals surface area contributed by atoms with Gasteiger partial charge in [-0.25, -0.2) is 4.79 Å². The summed E-state index contributed by atoms with van der Waals surface area (Å²) in [6.07, 6.45) is 2.58. The number of benzene rings is 1. The smallest absolute Gasteiger partial charge is 0.328 e. The normalized spacial score (nSPS) is 14.9. The van der Waals surface area contributed by atoms with E-state index in [1.54, 1.807) is 6.07 Å². The minimum Gasteiger partial charge on any atom is -0.385 e. The van der Waals surface area contributed by atoms with Gasteiger partial charge in [0, 0.05) is 19.3 Å². The summed E-state index contributed by atoms with van der Waals surface area (Å²) in [7, 11) is 1.47. The Kier molecular flexibility index (Phi) is 2.47. The number of hydrogen-bond acceptors (Lipinski definition) is 3. The summed E-state index contributed by atoms with van der Waals surface area (Å²) in [5.74, 6) is 0.781. The molecule has 94 valence electrons. The number of aromatic amines is 1. The second kappa shape index (κ2) is 4.01. The average molecular weight is 245 g/mol. The van der Waals surface area contributed by atoms with Gasteiger partial charge in [-0.3, -0.25) is 9.36 Å². The zero-order valence-electron chi connectivity index (χ0n) is 10.2. The van der Waals surface area contributed by atoms with Gasteiger partial charge >= 0.3 is 5.69 Å². The number of fused-ring (bicyclic) bond motifs is 1. The lowest BCUT2D eigenvalue weighted by Crippen LogP contribution is -2.32. The highest BCUT2D eigenvalue weighted by molar-refractivity contribution is 5.81. The second-order valence-corrected chi connectivity index (χ2v) is 4.88. The van der Waals surface area contributed by atoms with Gasteiger partial charge in [0.25, 0.3) is 5.56 Å². The Hall–Kier alpha value is -2.04. The molecule has 0 bridgehead atoms. The molecular weight excluding hydrogens is 230 g/mol. The van der Waals surface area contributed by atoms with Gasteiger partial charge in [0.05, 0.1) is 10.9 Å². The van der Waals surface area contributed by atoms with E-state index in [2.05, 4.69) is 10.3 Å². The average Bonchev–Trinajstić information content (AvgIpc) is 3.17. The van der Waals surface area contributed by atoms with E-state index in [-0.39, 0.29) is 11.2 Å². The molecule has 0 amide bonds. The van der Waals surface area contributed by atoms with Crippen LogP contribution in [0.4, 0.5) is 5.69 Å². The molecular formula is C13H15N3O2. The SMILES string of the molecule is Cn1c(=O)[nH]c2cc(NCC3CC3)ccc2c1=O. The van der Waals surface area contributed by atoms with Crippen LogP contribution in [0, 0.1) is 5.92 Å². The summed E-state index contributed by atoms with van der Waals surface area (Å²) in [4.78, 5) is 26.1. The topological polar surface area (TPSA) is 66.9 Å². The molecule has 3 rings (SSSR count). The zero-order chi connectivity index (χ0) is 12.7. The summed E-state index contributed by atoms with van der Waals surface area (Å²) in [6, 6.07) is 5.45. The summed E-state index contributed by atoms with van der Waals surface area (Å²) in [6.45, 7) is 0.959. The number of nitrogens with zero attached hydrogens (tertiary/aromatic N) is 1. The van der Waals surface area contributed by atoms with Gasteiger partial charge in [-0.15, -0.1) is 0 Å². The third-order valence-corrected chi connectivity index (χ3v) is 3.39. The van der Waals surface area contributed by atoms with Crippen LogP contribution >= 0.6 is 0 Å². The second-order valence-electron chi connectivity index (χ2n) is 4.88. The van der Waals surface area contributed by atoms with Crippen molar-refractivity contribution in [3.05, 3.63) is 39.0 Å². The van der Waals surface area contributed by atoms with Crippen LogP contribution < -0.4 is 16.6 Å². The van der Waals surface area contributed by atoms with Gasteiger partial charge in [0.15, 0.2) is 0 Å². The fourth-order valence-corrected chi connectivity index (χ4v) is 2.00. The van der Waals surface area contributed by atoms with Gasteiger partial charge in [0.2, 0.25) is 0 Å². The van der Waals surface area contributed by atoms with Crippen LogP contribution in [0.2, 0.25) is 0 Å². The van der Waals surface area contributed by atoms with Crippen molar-refractivity contribution in [1.29, 1.82) is 0 Å². The lowest BCUT2D eigenvalue weighted by Gasteiger charge is -2.07. The van der Waals surface area contributed by atoms with Crippen LogP contribution in [-0.4, -0.2) is 16.1 Å². The van der Waals surface area contributed by atoms with Crippen molar-refractivity contribution in [3.63, 3.8) is 0 Å². The molecule has 1 aliphatic rings. The number of aromatic nitrogens is 2. The van der Waals surface area contributed by atoms with Gasteiger partial charge in [-0.2, -0.15) is 0 Å². The predicted molar refractivity (Wildman–Crippen MR) is 71.0 cm³/mol. The van der Waals surface area contributed by atoms with E-state index in [1.807, 2.05) is 12.1 Å². The van der Waals surface area contributed by atoms with Crippen LogP contribution in [-0.2, 0) is 7.05 Å². The fourth-order valence-electron chi connectivity index (χ4n) is 2.00. The van der Waals surface area contributed by atoms with Crippen molar-refractivity contribution in [1.82, 2.24) is 9.55 Å². The molecule has 2 N–H and O–H groups in total. The lowest BCUT2D eigenvalue weighted by atomic mass is 10.2. The number of H-pyrrole nitrogens is 1. The standard InChI is InChI=1S/C13H15N3O2/c1-16-12(17)10-5-4-9(14-7-8-2-3-8)6-11(10)15-13(16)18/h4-6,8,14H,2-3,7H2,1H3,(H,15,18). The third-order valence-electron chi connectivity index (χ3n) is 3.39. The molecule has 1 fully saturated rings. The molecule has 2 aromatic rings. The van der Waals surface area contributed by atoms with Gasteiger partial charge in [-0.1, -0.05) is 0 Å². The molecule has 1 aromatic heterocycles. The zero-order valence-corrected chi connectivity index (χ0v) is 10.2. The number of nitrogens with one attached hydrogen (secondary N) is 2. The maximum Gasteiger partial charge on any atom is 0.328 e. The lowest BCUT2D eigenvalue weighted by molar-refractivity contribution is 0.794. The van der Waals surface area contributed by atoms with E-state index in [1.165, 1.54) is 19.9 Å². The molecule has 18 heavy (non-hydrogen) atoms. The Balaban J connectivity index is 2.03. The van der Waals surface area contributed by atoms with E-state index in [4.69, 9.17) is 0 Å². The van der Waals surface area contributed by atoms with Crippen molar-refractivity contribution in [2.45, 2.75) is 12.8 Å². The quantitative estimate of drug-likeness (QED) is 0.849. The monoisotopic (exact) mass is 245 g/mol. The number of hydrogen-bond donors (Lipinski definition) is 2. The molecule has 0 aliphatic heterocycles. The molecule has 0 saturated heterocycles. The molecule has 1 aliphatic carbocycles. The summed E-state index contributed by atoms with van der Waals surface area (Å²) < 4.78 is 1.08. The number of anilines is 1.